The smallest absolute Gasteiger partial charge is 0.279 e. The summed E-state index contributed by atoms with van der Waals surface area (Å²) in [5.74, 6) is -0.363. The number of fused-ring (bicyclic) bond motifs is 2. The Morgan fingerprint density at radius 1 is 1.33 bits per heavy atom. The third kappa shape index (κ3) is 2.53. The van der Waals surface area contributed by atoms with Gasteiger partial charge >= 0.3 is 0 Å². The van der Waals surface area contributed by atoms with E-state index < -0.39 is 0 Å². The van der Waals surface area contributed by atoms with E-state index in [1.165, 1.54) is 16.9 Å². The van der Waals surface area contributed by atoms with Gasteiger partial charge in [-0.25, -0.2) is 9.50 Å². The number of anilines is 1. The number of thiazole rings is 1. The van der Waals surface area contributed by atoms with Crippen molar-refractivity contribution in [2.75, 3.05) is 5.32 Å². The molecule has 7 heteroatoms. The third-order valence-corrected chi connectivity index (χ3v) is 5.08. The topological polar surface area (TPSA) is 59.3 Å². The van der Waals surface area contributed by atoms with Crippen LogP contribution in [0.3, 0.4) is 0 Å². The Morgan fingerprint density at radius 3 is 3.00 bits per heavy atom. The molecule has 1 aromatic carbocycles. The van der Waals surface area contributed by atoms with Crippen molar-refractivity contribution in [3.05, 3.63) is 58.9 Å². The first-order valence-corrected chi connectivity index (χ1v) is 8.69. The van der Waals surface area contributed by atoms with Gasteiger partial charge in [-0.05, 0) is 36.2 Å². The minimum absolute atomic E-state index is 0.191. The van der Waals surface area contributed by atoms with Crippen molar-refractivity contribution in [1.82, 2.24) is 14.6 Å². The summed E-state index contributed by atoms with van der Waals surface area (Å²) in [6, 6.07) is 11.6. The number of nitrogens with one attached hydrogen (secondary N) is 1. The van der Waals surface area contributed by atoms with Crippen molar-refractivity contribution in [3.63, 3.8) is 0 Å². The molecule has 0 spiro atoms. The number of hydrogen-bond donors (Lipinski definition) is 1. The second kappa shape index (κ2) is 5.89. The molecule has 4 rings (SSSR count). The fourth-order valence-corrected chi connectivity index (χ4v) is 3.71. The van der Waals surface area contributed by atoms with Gasteiger partial charge in [0.1, 0.15) is 0 Å². The molecule has 0 fully saturated rings. The van der Waals surface area contributed by atoms with E-state index in [1.54, 1.807) is 10.7 Å². The zero-order valence-electron chi connectivity index (χ0n) is 12.8. The third-order valence-electron chi connectivity index (χ3n) is 3.78. The van der Waals surface area contributed by atoms with Crippen LogP contribution in [0, 0.1) is 0 Å². The Morgan fingerprint density at radius 2 is 2.21 bits per heavy atom. The number of pyridine rings is 1. The molecule has 0 bridgehead atoms. The quantitative estimate of drug-likeness (QED) is 0.591. The predicted octanol–water partition coefficient (Wildman–Crippen LogP) is 4.41. The van der Waals surface area contributed by atoms with Gasteiger partial charge in [0.2, 0.25) is 0 Å². The maximum Gasteiger partial charge on any atom is 0.279 e. The zero-order valence-corrected chi connectivity index (χ0v) is 14.4. The lowest BCUT2D eigenvalue weighted by molar-refractivity contribution is 0.102. The number of amides is 1. The van der Waals surface area contributed by atoms with Crippen LogP contribution in [0.1, 0.15) is 23.0 Å². The molecule has 0 radical (unpaired) electrons. The van der Waals surface area contributed by atoms with Gasteiger partial charge in [-0.3, -0.25) is 10.1 Å². The van der Waals surface area contributed by atoms with Crippen LogP contribution in [-0.2, 0) is 6.42 Å². The number of halogens is 1. The maximum absolute atomic E-state index is 12.5. The van der Waals surface area contributed by atoms with Crippen LogP contribution >= 0.6 is 22.9 Å². The molecular weight excluding hydrogens is 344 g/mol. The zero-order chi connectivity index (χ0) is 16.7. The van der Waals surface area contributed by atoms with E-state index in [2.05, 4.69) is 28.4 Å². The van der Waals surface area contributed by atoms with Crippen molar-refractivity contribution >= 4 is 49.7 Å². The number of carbonyl (C=O) groups is 1. The van der Waals surface area contributed by atoms with Gasteiger partial charge in [0.05, 0.1) is 20.8 Å². The van der Waals surface area contributed by atoms with Crippen molar-refractivity contribution < 1.29 is 4.79 Å². The summed E-state index contributed by atoms with van der Waals surface area (Å²) in [5, 5.41) is 7.91. The molecule has 120 valence electrons. The Hall–Kier alpha value is -2.44. The molecule has 0 atom stereocenters. The molecule has 5 nitrogen and oxygen atoms in total. The fourth-order valence-electron chi connectivity index (χ4n) is 2.51. The van der Waals surface area contributed by atoms with Gasteiger partial charge in [0, 0.05) is 6.20 Å². The summed E-state index contributed by atoms with van der Waals surface area (Å²) < 4.78 is 2.63. The Kier molecular flexibility index (Phi) is 3.70. The van der Waals surface area contributed by atoms with Crippen molar-refractivity contribution in [2.45, 2.75) is 13.3 Å². The molecular formula is C17H13ClN4OS. The number of aromatic nitrogens is 3. The first-order chi connectivity index (χ1) is 11.7. The van der Waals surface area contributed by atoms with E-state index in [9.17, 15) is 4.79 Å². The molecule has 0 aliphatic rings. The second-order valence-electron chi connectivity index (χ2n) is 5.32. The SMILES string of the molecule is CCc1ccc2nc(NC(=O)c3nn4ccccc4c3Cl)sc2c1. The van der Waals surface area contributed by atoms with Crippen LogP contribution in [0.15, 0.2) is 42.6 Å². The van der Waals surface area contributed by atoms with Crippen LogP contribution in [0.4, 0.5) is 5.13 Å². The first-order valence-electron chi connectivity index (χ1n) is 7.49. The summed E-state index contributed by atoms with van der Waals surface area (Å²) >= 11 is 7.72. The number of hydrogen-bond acceptors (Lipinski definition) is 4. The van der Waals surface area contributed by atoms with Gasteiger partial charge in [-0.15, -0.1) is 0 Å². The fraction of sp³-hybridized carbons (Fsp3) is 0.118. The minimum Gasteiger partial charge on any atom is -0.296 e. The van der Waals surface area contributed by atoms with E-state index in [0.29, 0.717) is 15.7 Å². The Labute approximate surface area is 146 Å². The minimum atomic E-state index is -0.363. The van der Waals surface area contributed by atoms with Gasteiger partial charge in [0.15, 0.2) is 10.8 Å². The second-order valence-corrected chi connectivity index (χ2v) is 6.73. The molecule has 0 aliphatic carbocycles. The lowest BCUT2D eigenvalue weighted by Gasteiger charge is -1.97. The lowest BCUT2D eigenvalue weighted by Crippen LogP contribution is -2.12. The van der Waals surface area contributed by atoms with Gasteiger partial charge in [-0.1, -0.05) is 42.0 Å². The largest absolute Gasteiger partial charge is 0.296 e. The predicted molar refractivity (Wildman–Crippen MR) is 97.2 cm³/mol. The van der Waals surface area contributed by atoms with E-state index in [1.807, 2.05) is 30.3 Å². The molecule has 4 aromatic rings. The Balaban J connectivity index is 1.66. The number of carbonyl (C=O) groups excluding carboxylic acids is 1. The molecule has 3 heterocycles. The van der Waals surface area contributed by atoms with Crippen LogP contribution in [0.25, 0.3) is 15.7 Å². The highest BCUT2D eigenvalue weighted by molar-refractivity contribution is 7.22. The molecule has 1 amide bonds. The summed E-state index contributed by atoms with van der Waals surface area (Å²) in [6.07, 6.45) is 2.72. The van der Waals surface area contributed by atoms with Crippen LogP contribution in [0.5, 0.6) is 0 Å². The van der Waals surface area contributed by atoms with Gasteiger partial charge in [-0.2, -0.15) is 5.10 Å². The van der Waals surface area contributed by atoms with Crippen LogP contribution in [-0.4, -0.2) is 20.5 Å². The van der Waals surface area contributed by atoms with Crippen molar-refractivity contribution in [1.29, 1.82) is 0 Å². The molecule has 0 saturated heterocycles. The van der Waals surface area contributed by atoms with Gasteiger partial charge < -0.3 is 0 Å². The maximum atomic E-state index is 12.5. The monoisotopic (exact) mass is 356 g/mol. The summed E-state index contributed by atoms with van der Waals surface area (Å²) in [5.41, 5.74) is 3.00. The number of rotatable bonds is 3. The standard InChI is InChI=1S/C17H13ClN4OS/c1-2-10-6-7-11-13(9-10)24-17(19-11)20-16(23)15-14(18)12-5-3-4-8-22(12)21-15/h3-9H,2H2,1H3,(H,19,20,23). The van der Waals surface area contributed by atoms with Crippen molar-refractivity contribution in [3.8, 4) is 0 Å². The highest BCUT2D eigenvalue weighted by Crippen LogP contribution is 2.28. The molecule has 0 unspecified atom stereocenters. The lowest BCUT2D eigenvalue weighted by atomic mass is 10.2. The molecule has 1 N–H and O–H groups in total. The van der Waals surface area contributed by atoms with Crippen molar-refractivity contribution in [2.24, 2.45) is 0 Å². The average Bonchev–Trinajstić information content (AvgIpc) is 3.15. The highest BCUT2D eigenvalue weighted by Gasteiger charge is 2.19. The molecule has 0 saturated carbocycles. The normalized spacial score (nSPS) is 11.2. The van der Waals surface area contributed by atoms with E-state index in [0.717, 1.165) is 16.6 Å². The number of benzene rings is 1. The van der Waals surface area contributed by atoms with E-state index in [-0.39, 0.29) is 11.6 Å². The molecule has 0 aliphatic heterocycles. The average molecular weight is 357 g/mol. The van der Waals surface area contributed by atoms with E-state index >= 15 is 0 Å². The Bertz CT molecular complexity index is 1070. The summed E-state index contributed by atoms with van der Waals surface area (Å²) in [4.78, 5) is 16.9. The number of nitrogens with zero attached hydrogens (tertiary/aromatic N) is 3. The van der Waals surface area contributed by atoms with Crippen LogP contribution < -0.4 is 5.32 Å². The molecule has 24 heavy (non-hydrogen) atoms. The number of aryl methyl sites for hydroxylation is 1. The van der Waals surface area contributed by atoms with Crippen LogP contribution in [0.2, 0.25) is 5.02 Å². The summed E-state index contributed by atoms with van der Waals surface area (Å²) in [7, 11) is 0. The van der Waals surface area contributed by atoms with E-state index in [4.69, 9.17) is 11.6 Å². The summed E-state index contributed by atoms with van der Waals surface area (Å²) in [6.45, 7) is 2.11. The molecule has 3 aromatic heterocycles. The highest BCUT2D eigenvalue weighted by atomic mass is 35.5. The first kappa shape index (κ1) is 15.1. The van der Waals surface area contributed by atoms with Gasteiger partial charge in [0.25, 0.3) is 5.91 Å².